The molecule has 0 bridgehead atoms. The van der Waals surface area contributed by atoms with Gasteiger partial charge in [-0.1, -0.05) is 0 Å². The molecule has 134 valence electrons. The Balaban J connectivity index is 1.62. The van der Waals surface area contributed by atoms with Crippen LogP contribution in [-0.4, -0.2) is 45.0 Å². The fraction of sp³-hybridized carbons (Fsp3) is 0.235. The summed E-state index contributed by atoms with van der Waals surface area (Å²) in [6.45, 7) is 0.442. The van der Waals surface area contributed by atoms with Gasteiger partial charge in [0.25, 0.3) is 0 Å². The van der Waals surface area contributed by atoms with Gasteiger partial charge < -0.3 is 10.2 Å². The first-order valence-corrected chi connectivity index (χ1v) is 8.80. The molecule has 1 aliphatic rings. The molecule has 4 rings (SSSR count). The summed E-state index contributed by atoms with van der Waals surface area (Å²) < 4.78 is 29.7. The van der Waals surface area contributed by atoms with E-state index in [9.17, 15) is 13.6 Å². The summed E-state index contributed by atoms with van der Waals surface area (Å²) in [5.74, 6) is -0.486. The fourth-order valence-electron chi connectivity index (χ4n) is 2.88. The van der Waals surface area contributed by atoms with Crippen LogP contribution in [0.25, 0.3) is 16.7 Å². The zero-order valence-corrected chi connectivity index (χ0v) is 15.1. The predicted molar refractivity (Wildman–Crippen MR) is 96.6 cm³/mol. The lowest BCUT2D eigenvalue weighted by Crippen LogP contribution is -2.33. The van der Waals surface area contributed by atoms with Crippen molar-refractivity contribution in [1.82, 2.24) is 19.7 Å². The van der Waals surface area contributed by atoms with E-state index in [-0.39, 0.29) is 12.2 Å². The topological polar surface area (TPSA) is 63.1 Å². The Bertz CT molecular complexity index is 992. The number of rotatable bonds is 2. The van der Waals surface area contributed by atoms with E-state index in [1.807, 2.05) is 6.07 Å². The Morgan fingerprint density at radius 1 is 1.35 bits per heavy atom. The van der Waals surface area contributed by atoms with E-state index in [0.717, 1.165) is 9.86 Å². The lowest BCUT2D eigenvalue weighted by atomic mass is 10.2. The highest BCUT2D eigenvalue weighted by Gasteiger charge is 2.26. The van der Waals surface area contributed by atoms with Crippen LogP contribution >= 0.6 is 15.9 Å². The SMILES string of the molecule is O=C(Nc1ccc(F)c(-n2cc3cc(Br)cnc3n2)c1)N1CC[C@@H](F)C1. The number of fused-ring (bicyclic) bond motifs is 1. The van der Waals surface area contributed by atoms with E-state index in [1.54, 1.807) is 12.4 Å². The number of benzene rings is 1. The van der Waals surface area contributed by atoms with Gasteiger partial charge in [-0.05, 0) is 46.6 Å². The number of anilines is 1. The Morgan fingerprint density at radius 2 is 2.19 bits per heavy atom. The number of amides is 2. The third-order valence-corrected chi connectivity index (χ3v) is 4.62. The van der Waals surface area contributed by atoms with E-state index in [4.69, 9.17) is 0 Å². The van der Waals surface area contributed by atoms with Crippen molar-refractivity contribution in [3.05, 3.63) is 46.9 Å². The molecule has 1 fully saturated rings. The molecule has 3 heterocycles. The van der Waals surface area contributed by atoms with E-state index in [1.165, 1.54) is 27.8 Å². The van der Waals surface area contributed by atoms with Crippen molar-refractivity contribution in [2.24, 2.45) is 0 Å². The molecule has 0 saturated carbocycles. The van der Waals surface area contributed by atoms with Gasteiger partial charge in [-0.25, -0.2) is 23.2 Å². The molecule has 1 aromatic carbocycles. The van der Waals surface area contributed by atoms with E-state index in [2.05, 4.69) is 31.3 Å². The van der Waals surface area contributed by atoms with Crippen molar-refractivity contribution in [2.45, 2.75) is 12.6 Å². The molecular formula is C17H14BrF2N5O. The van der Waals surface area contributed by atoms with Crippen LogP contribution in [0.2, 0.25) is 0 Å². The molecule has 0 unspecified atom stereocenters. The standard InChI is InChI=1S/C17H14BrF2N5O/c18-11-5-10-8-25(23-16(10)21-7-11)15-6-13(1-2-14(15)20)22-17(26)24-4-3-12(19)9-24/h1-2,5-8,12H,3-4,9H2,(H,22,26)/t12-/m1/s1. The van der Waals surface area contributed by atoms with Crippen molar-refractivity contribution in [3.63, 3.8) is 0 Å². The highest BCUT2D eigenvalue weighted by molar-refractivity contribution is 9.10. The Kier molecular flexibility index (Phi) is 4.31. The monoisotopic (exact) mass is 421 g/mol. The van der Waals surface area contributed by atoms with Crippen LogP contribution in [-0.2, 0) is 0 Å². The molecule has 0 aliphatic carbocycles. The van der Waals surface area contributed by atoms with Crippen LogP contribution in [0, 0.1) is 5.82 Å². The normalized spacial score (nSPS) is 17.0. The second-order valence-electron chi connectivity index (χ2n) is 6.07. The summed E-state index contributed by atoms with van der Waals surface area (Å²) in [7, 11) is 0. The average Bonchev–Trinajstić information content (AvgIpc) is 3.22. The zero-order chi connectivity index (χ0) is 18.3. The van der Waals surface area contributed by atoms with Gasteiger partial charge in [-0.3, -0.25) is 0 Å². The molecule has 2 aromatic heterocycles. The number of aromatic nitrogens is 3. The van der Waals surface area contributed by atoms with Crippen LogP contribution in [0.5, 0.6) is 0 Å². The maximum Gasteiger partial charge on any atom is 0.321 e. The zero-order valence-electron chi connectivity index (χ0n) is 13.5. The maximum atomic E-state index is 14.3. The number of nitrogens with zero attached hydrogens (tertiary/aromatic N) is 4. The van der Waals surface area contributed by atoms with Crippen molar-refractivity contribution < 1.29 is 13.6 Å². The van der Waals surface area contributed by atoms with Crippen LogP contribution in [0.4, 0.5) is 19.3 Å². The number of carbonyl (C=O) groups excluding carboxylic acids is 1. The second kappa shape index (κ2) is 6.64. The number of alkyl halides is 1. The minimum Gasteiger partial charge on any atom is -0.322 e. The van der Waals surface area contributed by atoms with Gasteiger partial charge in [0.2, 0.25) is 0 Å². The van der Waals surface area contributed by atoms with Crippen LogP contribution in [0.3, 0.4) is 0 Å². The van der Waals surface area contributed by atoms with Crippen LogP contribution in [0.1, 0.15) is 6.42 Å². The van der Waals surface area contributed by atoms with E-state index >= 15 is 0 Å². The molecule has 1 N–H and O–H groups in total. The number of carbonyl (C=O) groups is 1. The first kappa shape index (κ1) is 16.9. The minimum atomic E-state index is -0.993. The van der Waals surface area contributed by atoms with E-state index in [0.29, 0.717) is 24.3 Å². The number of likely N-dealkylation sites (tertiary alicyclic amines) is 1. The van der Waals surface area contributed by atoms with Crippen molar-refractivity contribution >= 4 is 38.7 Å². The highest BCUT2D eigenvalue weighted by Crippen LogP contribution is 2.23. The summed E-state index contributed by atoms with van der Waals surface area (Å²) in [5, 5.41) is 7.69. The minimum absolute atomic E-state index is 0.0744. The van der Waals surface area contributed by atoms with E-state index < -0.39 is 18.0 Å². The molecule has 0 radical (unpaired) electrons. The molecule has 26 heavy (non-hydrogen) atoms. The molecule has 1 saturated heterocycles. The van der Waals surface area contributed by atoms with Gasteiger partial charge in [-0.15, -0.1) is 5.10 Å². The average molecular weight is 422 g/mol. The molecular weight excluding hydrogens is 408 g/mol. The Hall–Kier alpha value is -2.55. The van der Waals surface area contributed by atoms with Crippen molar-refractivity contribution in [3.8, 4) is 5.69 Å². The number of pyridine rings is 1. The number of hydrogen-bond donors (Lipinski definition) is 1. The molecule has 9 heteroatoms. The lowest BCUT2D eigenvalue weighted by molar-refractivity contribution is 0.218. The molecule has 3 aromatic rings. The van der Waals surface area contributed by atoms with Gasteiger partial charge >= 0.3 is 6.03 Å². The van der Waals surface area contributed by atoms with Gasteiger partial charge in [0.05, 0.1) is 6.54 Å². The summed E-state index contributed by atoms with van der Waals surface area (Å²) in [6.07, 6.45) is 2.62. The summed E-state index contributed by atoms with van der Waals surface area (Å²) in [5.41, 5.74) is 1.07. The quantitative estimate of drug-likeness (QED) is 0.682. The van der Waals surface area contributed by atoms with Crippen LogP contribution < -0.4 is 5.32 Å². The summed E-state index contributed by atoms with van der Waals surface area (Å²) >= 11 is 3.34. The number of halogens is 3. The third kappa shape index (κ3) is 3.26. The predicted octanol–water partition coefficient (Wildman–Crippen LogP) is 3.90. The lowest BCUT2D eigenvalue weighted by Gasteiger charge is -2.16. The number of urea groups is 1. The fourth-order valence-corrected chi connectivity index (χ4v) is 3.23. The van der Waals surface area contributed by atoms with Gasteiger partial charge in [0.15, 0.2) is 5.65 Å². The van der Waals surface area contributed by atoms with Crippen molar-refractivity contribution in [1.29, 1.82) is 0 Å². The maximum absolute atomic E-state index is 14.3. The second-order valence-corrected chi connectivity index (χ2v) is 6.98. The smallest absolute Gasteiger partial charge is 0.321 e. The first-order valence-electron chi connectivity index (χ1n) is 8.00. The van der Waals surface area contributed by atoms with Gasteiger partial charge in [0.1, 0.15) is 17.7 Å². The molecule has 1 atom stereocenters. The van der Waals surface area contributed by atoms with Gasteiger partial charge in [0, 0.05) is 34.5 Å². The molecule has 2 amide bonds. The van der Waals surface area contributed by atoms with Crippen LogP contribution in [0.15, 0.2) is 41.1 Å². The molecule has 0 spiro atoms. The Labute approximate surface area is 155 Å². The van der Waals surface area contributed by atoms with Gasteiger partial charge in [-0.2, -0.15) is 0 Å². The molecule has 6 nitrogen and oxygen atoms in total. The summed E-state index contributed by atoms with van der Waals surface area (Å²) in [4.78, 5) is 17.8. The Morgan fingerprint density at radius 3 is 2.96 bits per heavy atom. The highest BCUT2D eigenvalue weighted by atomic mass is 79.9. The molecule has 1 aliphatic heterocycles. The third-order valence-electron chi connectivity index (χ3n) is 4.19. The largest absolute Gasteiger partial charge is 0.322 e. The first-order chi connectivity index (χ1) is 12.5. The number of nitrogens with one attached hydrogen (secondary N) is 1. The van der Waals surface area contributed by atoms with Crippen molar-refractivity contribution in [2.75, 3.05) is 18.4 Å². The number of hydrogen-bond acceptors (Lipinski definition) is 3. The summed E-state index contributed by atoms with van der Waals surface area (Å²) in [6, 6.07) is 5.62.